The second-order valence-electron chi connectivity index (χ2n) is 5.62. The second-order valence-corrected chi connectivity index (χ2v) is 5.62. The van der Waals surface area contributed by atoms with Crippen molar-refractivity contribution >= 4 is 0 Å². The van der Waals surface area contributed by atoms with E-state index in [1.165, 1.54) is 5.56 Å². The molecule has 0 spiro atoms. The molecule has 114 valence electrons. The molecular weight excluding hydrogens is 252 g/mol. The average Bonchev–Trinajstić information content (AvgIpc) is 2.44. The summed E-state index contributed by atoms with van der Waals surface area (Å²) in [5, 5.41) is 19.7. The summed E-state index contributed by atoms with van der Waals surface area (Å²) in [5.41, 5.74) is 1.24. The maximum atomic E-state index is 10.5. The van der Waals surface area contributed by atoms with Crippen LogP contribution in [-0.2, 0) is 11.2 Å². The topological polar surface area (TPSA) is 49.7 Å². The molecule has 0 radical (unpaired) electrons. The molecule has 0 aliphatic rings. The Kier molecular flexibility index (Phi) is 7.82. The zero-order valence-corrected chi connectivity index (χ0v) is 12.8. The Morgan fingerprint density at radius 1 is 1.10 bits per heavy atom. The number of benzene rings is 1. The minimum absolute atomic E-state index is 0.186. The molecule has 0 aliphatic carbocycles. The first-order valence-electron chi connectivity index (χ1n) is 7.56. The van der Waals surface area contributed by atoms with E-state index in [4.69, 9.17) is 4.74 Å². The Morgan fingerprint density at radius 2 is 1.75 bits per heavy atom. The third-order valence-electron chi connectivity index (χ3n) is 3.56. The van der Waals surface area contributed by atoms with Crippen LogP contribution in [0.1, 0.15) is 39.2 Å². The number of ether oxygens (including phenoxy) is 1. The van der Waals surface area contributed by atoms with E-state index in [9.17, 15) is 10.2 Å². The molecular formula is C17H28O3. The van der Waals surface area contributed by atoms with Crippen molar-refractivity contribution in [2.45, 2.75) is 58.3 Å². The van der Waals surface area contributed by atoms with Crippen molar-refractivity contribution in [3.8, 4) is 0 Å². The van der Waals surface area contributed by atoms with Crippen molar-refractivity contribution in [1.82, 2.24) is 0 Å². The van der Waals surface area contributed by atoms with Crippen LogP contribution in [0.15, 0.2) is 30.3 Å². The van der Waals surface area contributed by atoms with Gasteiger partial charge in [0.2, 0.25) is 0 Å². The minimum Gasteiger partial charge on any atom is -0.391 e. The van der Waals surface area contributed by atoms with Gasteiger partial charge in [-0.3, -0.25) is 0 Å². The Bertz CT molecular complexity index is 351. The molecule has 0 aromatic heterocycles. The molecule has 4 unspecified atom stereocenters. The zero-order chi connectivity index (χ0) is 15.0. The highest BCUT2D eigenvalue weighted by Gasteiger charge is 2.25. The van der Waals surface area contributed by atoms with Gasteiger partial charge in [0.25, 0.3) is 0 Å². The van der Waals surface area contributed by atoms with Crippen LogP contribution in [-0.4, -0.2) is 35.1 Å². The molecule has 3 heteroatoms. The summed E-state index contributed by atoms with van der Waals surface area (Å²) in [4.78, 5) is 0. The summed E-state index contributed by atoms with van der Waals surface area (Å²) in [6.45, 7) is 5.96. The van der Waals surface area contributed by atoms with Crippen LogP contribution in [0, 0.1) is 5.92 Å². The van der Waals surface area contributed by atoms with E-state index < -0.39 is 12.2 Å². The van der Waals surface area contributed by atoms with Gasteiger partial charge < -0.3 is 14.9 Å². The SMILES string of the molecule is CCCC(Cc1ccccc1)C(O)C(C)OCC(C)O. The monoisotopic (exact) mass is 280 g/mol. The highest BCUT2D eigenvalue weighted by atomic mass is 16.5. The summed E-state index contributed by atoms with van der Waals surface area (Å²) >= 11 is 0. The van der Waals surface area contributed by atoms with Gasteiger partial charge in [-0.1, -0.05) is 43.7 Å². The van der Waals surface area contributed by atoms with Crippen molar-refractivity contribution in [3.63, 3.8) is 0 Å². The van der Waals surface area contributed by atoms with E-state index in [1.54, 1.807) is 6.92 Å². The molecule has 20 heavy (non-hydrogen) atoms. The van der Waals surface area contributed by atoms with Crippen LogP contribution >= 0.6 is 0 Å². The molecule has 3 nitrogen and oxygen atoms in total. The quantitative estimate of drug-likeness (QED) is 0.731. The van der Waals surface area contributed by atoms with Crippen molar-refractivity contribution in [2.24, 2.45) is 5.92 Å². The fourth-order valence-electron chi connectivity index (χ4n) is 2.45. The standard InChI is InChI=1S/C17H28O3/c1-4-8-16(11-15-9-6-5-7-10-15)17(19)14(3)20-12-13(2)18/h5-7,9-10,13-14,16-19H,4,8,11-12H2,1-3H3. The number of hydrogen-bond donors (Lipinski definition) is 2. The number of aliphatic hydroxyl groups excluding tert-OH is 2. The molecule has 0 saturated carbocycles. The van der Waals surface area contributed by atoms with Crippen molar-refractivity contribution in [3.05, 3.63) is 35.9 Å². The maximum absolute atomic E-state index is 10.5. The Labute approximate surface area is 122 Å². The van der Waals surface area contributed by atoms with Crippen LogP contribution in [0.2, 0.25) is 0 Å². The van der Waals surface area contributed by atoms with E-state index in [0.717, 1.165) is 19.3 Å². The van der Waals surface area contributed by atoms with Gasteiger partial charge in [0.05, 0.1) is 24.9 Å². The lowest BCUT2D eigenvalue weighted by Crippen LogP contribution is -2.36. The number of rotatable bonds is 9. The van der Waals surface area contributed by atoms with Crippen LogP contribution in [0.3, 0.4) is 0 Å². The molecule has 0 amide bonds. The molecule has 0 bridgehead atoms. The van der Waals surface area contributed by atoms with Crippen LogP contribution < -0.4 is 0 Å². The zero-order valence-electron chi connectivity index (χ0n) is 12.8. The van der Waals surface area contributed by atoms with Gasteiger partial charge in [-0.05, 0) is 38.2 Å². The average molecular weight is 280 g/mol. The number of hydrogen-bond acceptors (Lipinski definition) is 3. The van der Waals surface area contributed by atoms with Gasteiger partial charge in [-0.15, -0.1) is 0 Å². The van der Waals surface area contributed by atoms with E-state index in [-0.39, 0.29) is 18.6 Å². The fourth-order valence-corrected chi connectivity index (χ4v) is 2.45. The third kappa shape index (κ3) is 6.04. The van der Waals surface area contributed by atoms with Crippen LogP contribution in [0.5, 0.6) is 0 Å². The molecule has 0 aliphatic heterocycles. The van der Waals surface area contributed by atoms with Crippen LogP contribution in [0.25, 0.3) is 0 Å². The summed E-state index contributed by atoms with van der Waals surface area (Å²) < 4.78 is 5.53. The normalized spacial score (nSPS) is 17.4. The molecule has 1 aromatic carbocycles. The smallest absolute Gasteiger partial charge is 0.0830 e. The van der Waals surface area contributed by atoms with Gasteiger partial charge in [-0.2, -0.15) is 0 Å². The van der Waals surface area contributed by atoms with Gasteiger partial charge in [-0.25, -0.2) is 0 Å². The Hall–Kier alpha value is -0.900. The molecule has 1 rings (SSSR count). The first kappa shape index (κ1) is 17.2. The van der Waals surface area contributed by atoms with Crippen molar-refractivity contribution in [2.75, 3.05) is 6.61 Å². The van der Waals surface area contributed by atoms with Crippen molar-refractivity contribution in [1.29, 1.82) is 0 Å². The highest BCUT2D eigenvalue weighted by molar-refractivity contribution is 5.15. The maximum Gasteiger partial charge on any atom is 0.0830 e. The molecule has 4 atom stereocenters. The summed E-state index contributed by atoms with van der Waals surface area (Å²) in [5.74, 6) is 0.186. The van der Waals surface area contributed by atoms with Gasteiger partial charge in [0.1, 0.15) is 0 Å². The fraction of sp³-hybridized carbons (Fsp3) is 0.647. The van der Waals surface area contributed by atoms with Crippen molar-refractivity contribution < 1.29 is 14.9 Å². The number of aliphatic hydroxyl groups is 2. The lowest BCUT2D eigenvalue weighted by molar-refractivity contribution is -0.0744. The largest absolute Gasteiger partial charge is 0.391 e. The van der Waals surface area contributed by atoms with E-state index in [1.807, 2.05) is 25.1 Å². The minimum atomic E-state index is -0.506. The molecule has 0 saturated heterocycles. The molecule has 0 fully saturated rings. The first-order chi connectivity index (χ1) is 9.54. The molecule has 0 heterocycles. The first-order valence-corrected chi connectivity index (χ1v) is 7.56. The van der Waals surface area contributed by atoms with E-state index >= 15 is 0 Å². The molecule has 2 N–H and O–H groups in total. The predicted octanol–water partition coefficient (Wildman–Crippen LogP) is 2.79. The third-order valence-corrected chi connectivity index (χ3v) is 3.56. The van der Waals surface area contributed by atoms with E-state index in [2.05, 4.69) is 19.1 Å². The highest BCUT2D eigenvalue weighted by Crippen LogP contribution is 2.21. The summed E-state index contributed by atoms with van der Waals surface area (Å²) in [6, 6.07) is 10.2. The van der Waals surface area contributed by atoms with Gasteiger partial charge >= 0.3 is 0 Å². The molecule has 1 aromatic rings. The lowest BCUT2D eigenvalue weighted by atomic mass is 9.88. The lowest BCUT2D eigenvalue weighted by Gasteiger charge is -2.28. The van der Waals surface area contributed by atoms with Crippen LogP contribution in [0.4, 0.5) is 0 Å². The van der Waals surface area contributed by atoms with Gasteiger partial charge in [0, 0.05) is 0 Å². The van der Waals surface area contributed by atoms with E-state index in [0.29, 0.717) is 0 Å². The summed E-state index contributed by atoms with van der Waals surface area (Å²) in [6.07, 6.45) is 1.61. The second kappa shape index (κ2) is 9.11. The summed E-state index contributed by atoms with van der Waals surface area (Å²) in [7, 11) is 0. The Morgan fingerprint density at radius 3 is 2.30 bits per heavy atom. The predicted molar refractivity (Wildman–Crippen MR) is 81.6 cm³/mol. The Balaban J connectivity index is 2.59. The van der Waals surface area contributed by atoms with Gasteiger partial charge in [0.15, 0.2) is 0 Å².